The molecular formula is C33H31NO8. The van der Waals surface area contributed by atoms with Gasteiger partial charge in [0.05, 0.1) is 45.8 Å². The summed E-state index contributed by atoms with van der Waals surface area (Å²) in [6, 6.07) is 20.4. The Balaban J connectivity index is 1.55. The maximum Gasteiger partial charge on any atom is 0.296 e. The van der Waals surface area contributed by atoms with Gasteiger partial charge in [0.2, 0.25) is 5.75 Å². The molecule has 1 amide bonds. The van der Waals surface area contributed by atoms with Crippen molar-refractivity contribution in [2.45, 2.75) is 26.1 Å². The number of ketones is 1. The molecule has 1 fully saturated rings. The minimum atomic E-state index is -0.971. The van der Waals surface area contributed by atoms with Crippen LogP contribution < -0.4 is 18.9 Å². The highest BCUT2D eigenvalue weighted by Gasteiger charge is 2.47. The van der Waals surface area contributed by atoms with Crippen molar-refractivity contribution in [1.82, 2.24) is 4.90 Å². The highest BCUT2D eigenvalue weighted by Crippen LogP contribution is 2.46. The highest BCUT2D eigenvalue weighted by molar-refractivity contribution is 6.46. The number of hydrogen-bond acceptors (Lipinski definition) is 8. The summed E-state index contributed by atoms with van der Waals surface area (Å²) in [5.74, 6) is 0.185. The van der Waals surface area contributed by atoms with E-state index in [4.69, 9.17) is 23.4 Å². The van der Waals surface area contributed by atoms with E-state index in [1.54, 1.807) is 48.5 Å². The van der Waals surface area contributed by atoms with Crippen LogP contribution in [0, 0.1) is 6.92 Å². The standard InChI is InChI=1S/C33H31NO8/c1-20-8-5-6-9-22(20)19-42-24-13-11-21(12-14-24)30(35)28-29(23-16-26(38-2)32(40-4)27(17-23)39-3)34(33(37)31(28)36)18-25-10-7-15-41-25/h5-17,29,35H,18-19H2,1-4H3/b30-28+/t29-/m0/s1. The van der Waals surface area contributed by atoms with Gasteiger partial charge in [0.25, 0.3) is 11.7 Å². The number of furan rings is 1. The molecule has 5 rings (SSSR count). The van der Waals surface area contributed by atoms with E-state index in [-0.39, 0.29) is 17.9 Å². The minimum absolute atomic E-state index is 0.00135. The van der Waals surface area contributed by atoms with E-state index in [2.05, 4.69) is 0 Å². The summed E-state index contributed by atoms with van der Waals surface area (Å²) in [7, 11) is 4.44. The first-order chi connectivity index (χ1) is 20.4. The maximum atomic E-state index is 13.5. The summed E-state index contributed by atoms with van der Waals surface area (Å²) in [6.07, 6.45) is 1.49. The van der Waals surface area contributed by atoms with Crippen molar-refractivity contribution in [2.75, 3.05) is 21.3 Å². The predicted octanol–water partition coefficient (Wildman–Crippen LogP) is 5.81. The smallest absolute Gasteiger partial charge is 0.296 e. The average Bonchev–Trinajstić information content (AvgIpc) is 3.62. The molecular weight excluding hydrogens is 538 g/mol. The monoisotopic (exact) mass is 569 g/mol. The Hall–Kier alpha value is -5.18. The first-order valence-electron chi connectivity index (χ1n) is 13.2. The molecule has 42 heavy (non-hydrogen) atoms. The van der Waals surface area contributed by atoms with Gasteiger partial charge in [-0.3, -0.25) is 9.59 Å². The molecule has 0 aliphatic carbocycles. The van der Waals surface area contributed by atoms with Crippen molar-refractivity contribution in [2.24, 2.45) is 0 Å². The average molecular weight is 570 g/mol. The Morgan fingerprint density at radius 2 is 1.60 bits per heavy atom. The predicted molar refractivity (Wildman–Crippen MR) is 155 cm³/mol. The number of ether oxygens (including phenoxy) is 4. The topological polar surface area (TPSA) is 108 Å². The third kappa shape index (κ3) is 5.41. The molecule has 1 aliphatic heterocycles. The van der Waals surface area contributed by atoms with Gasteiger partial charge in [0, 0.05) is 5.56 Å². The van der Waals surface area contributed by atoms with Gasteiger partial charge < -0.3 is 33.4 Å². The molecule has 9 nitrogen and oxygen atoms in total. The van der Waals surface area contributed by atoms with E-state index in [9.17, 15) is 14.7 Å². The molecule has 1 aromatic heterocycles. The number of carbonyl (C=O) groups is 2. The van der Waals surface area contributed by atoms with Crippen LogP contribution in [0.2, 0.25) is 0 Å². The zero-order valence-electron chi connectivity index (χ0n) is 23.7. The molecule has 1 saturated heterocycles. The number of likely N-dealkylation sites (tertiary alicyclic amines) is 1. The van der Waals surface area contributed by atoms with E-state index >= 15 is 0 Å². The van der Waals surface area contributed by atoms with Gasteiger partial charge in [-0.15, -0.1) is 0 Å². The number of amides is 1. The molecule has 2 heterocycles. The molecule has 216 valence electrons. The maximum absolute atomic E-state index is 13.5. The molecule has 0 bridgehead atoms. The van der Waals surface area contributed by atoms with Crippen molar-refractivity contribution < 1.29 is 38.1 Å². The number of nitrogens with zero attached hydrogens (tertiary/aromatic N) is 1. The summed E-state index contributed by atoms with van der Waals surface area (Å²) in [5.41, 5.74) is 2.94. The van der Waals surface area contributed by atoms with Crippen LogP contribution in [-0.4, -0.2) is 43.0 Å². The van der Waals surface area contributed by atoms with E-state index < -0.39 is 17.7 Å². The van der Waals surface area contributed by atoms with E-state index in [1.165, 1.54) is 32.5 Å². The summed E-state index contributed by atoms with van der Waals surface area (Å²) in [5, 5.41) is 11.5. The zero-order chi connectivity index (χ0) is 29.8. The van der Waals surface area contributed by atoms with Gasteiger partial charge in [-0.05, 0) is 72.1 Å². The molecule has 0 saturated carbocycles. The third-order valence-electron chi connectivity index (χ3n) is 7.23. The number of carbonyl (C=O) groups excluding carboxylic acids is 2. The molecule has 1 N–H and O–H groups in total. The van der Waals surface area contributed by atoms with Crippen LogP contribution in [0.5, 0.6) is 23.0 Å². The SMILES string of the molecule is COc1cc([C@H]2/C(=C(\O)c3ccc(OCc4ccccc4C)cc3)C(=O)C(=O)N2Cc2ccco2)cc(OC)c1OC. The lowest BCUT2D eigenvalue weighted by atomic mass is 9.94. The summed E-state index contributed by atoms with van der Waals surface area (Å²) in [6.45, 7) is 2.41. The lowest BCUT2D eigenvalue weighted by Gasteiger charge is -2.26. The second-order valence-corrected chi connectivity index (χ2v) is 9.70. The molecule has 1 atom stereocenters. The Bertz CT molecular complexity index is 1600. The number of Topliss-reactive ketones (excluding diaryl/α,β-unsaturated/α-hetero) is 1. The number of benzene rings is 3. The fourth-order valence-electron chi connectivity index (χ4n) is 5.02. The van der Waals surface area contributed by atoms with Crippen LogP contribution >= 0.6 is 0 Å². The van der Waals surface area contributed by atoms with Crippen LogP contribution in [0.4, 0.5) is 0 Å². The Kier molecular flexibility index (Phi) is 8.19. The van der Waals surface area contributed by atoms with Gasteiger partial charge in [-0.1, -0.05) is 24.3 Å². The normalized spacial score (nSPS) is 16.0. The molecule has 3 aromatic carbocycles. The molecule has 0 radical (unpaired) electrons. The number of aliphatic hydroxyl groups is 1. The van der Waals surface area contributed by atoms with Gasteiger partial charge >= 0.3 is 0 Å². The molecule has 9 heteroatoms. The number of methoxy groups -OCH3 is 3. The summed E-state index contributed by atoms with van der Waals surface area (Å²) < 4.78 is 27.9. The van der Waals surface area contributed by atoms with E-state index in [0.29, 0.717) is 46.5 Å². The van der Waals surface area contributed by atoms with Crippen molar-refractivity contribution in [3.05, 3.63) is 113 Å². The third-order valence-corrected chi connectivity index (χ3v) is 7.23. The lowest BCUT2D eigenvalue weighted by molar-refractivity contribution is -0.140. The van der Waals surface area contributed by atoms with Crippen LogP contribution in [0.3, 0.4) is 0 Å². The minimum Gasteiger partial charge on any atom is -0.507 e. The van der Waals surface area contributed by atoms with Crippen molar-refractivity contribution in [1.29, 1.82) is 0 Å². The van der Waals surface area contributed by atoms with Gasteiger partial charge in [0.1, 0.15) is 23.9 Å². The second-order valence-electron chi connectivity index (χ2n) is 9.70. The van der Waals surface area contributed by atoms with E-state index in [0.717, 1.165) is 11.1 Å². The Labute approximate surface area is 243 Å². The molecule has 1 aliphatic rings. The first kappa shape index (κ1) is 28.4. The van der Waals surface area contributed by atoms with Crippen LogP contribution in [0.15, 0.2) is 89.0 Å². The lowest BCUT2D eigenvalue weighted by Crippen LogP contribution is -2.29. The largest absolute Gasteiger partial charge is 0.507 e. The Morgan fingerprint density at radius 3 is 2.19 bits per heavy atom. The fourth-order valence-corrected chi connectivity index (χ4v) is 5.02. The van der Waals surface area contributed by atoms with Crippen LogP contribution in [0.25, 0.3) is 5.76 Å². The zero-order valence-corrected chi connectivity index (χ0v) is 23.7. The highest BCUT2D eigenvalue weighted by atomic mass is 16.5. The van der Waals surface area contributed by atoms with Crippen molar-refractivity contribution >= 4 is 17.4 Å². The summed E-state index contributed by atoms with van der Waals surface area (Å²) >= 11 is 0. The van der Waals surface area contributed by atoms with Crippen LogP contribution in [-0.2, 0) is 22.7 Å². The van der Waals surface area contributed by atoms with Gasteiger partial charge in [-0.2, -0.15) is 0 Å². The molecule has 4 aromatic rings. The van der Waals surface area contributed by atoms with Crippen molar-refractivity contribution in [3.63, 3.8) is 0 Å². The fraction of sp³-hybridized carbons (Fsp3) is 0.212. The first-order valence-corrected chi connectivity index (χ1v) is 13.2. The molecule has 0 unspecified atom stereocenters. The van der Waals surface area contributed by atoms with E-state index in [1.807, 2.05) is 31.2 Å². The van der Waals surface area contributed by atoms with Crippen molar-refractivity contribution in [3.8, 4) is 23.0 Å². The quantitative estimate of drug-likeness (QED) is 0.145. The molecule has 0 spiro atoms. The number of aliphatic hydroxyl groups excluding tert-OH is 1. The summed E-state index contributed by atoms with van der Waals surface area (Å²) in [4.78, 5) is 28.2. The number of aryl methyl sites for hydroxylation is 1. The van der Waals surface area contributed by atoms with Gasteiger partial charge in [0.15, 0.2) is 11.5 Å². The van der Waals surface area contributed by atoms with Crippen LogP contribution in [0.1, 0.15) is 34.1 Å². The van der Waals surface area contributed by atoms with Gasteiger partial charge in [-0.25, -0.2) is 0 Å². The Morgan fingerprint density at radius 1 is 0.905 bits per heavy atom. The number of hydrogen-bond donors (Lipinski definition) is 1. The number of rotatable bonds is 10. The second kappa shape index (κ2) is 12.1.